The summed E-state index contributed by atoms with van der Waals surface area (Å²) < 4.78 is 12.7. The molecule has 11 heteroatoms. The minimum absolute atomic E-state index is 0.0120. The SMILES string of the molecule is COc1cc([C@@H](CC(=O)NCCC(=O)N2C[C@H]3C[C@@H](C2)c2cccc(=O)n2C3)c2oc(C)cc(=O)c2O)ccc1O. The van der Waals surface area contributed by atoms with E-state index in [2.05, 4.69) is 5.32 Å². The van der Waals surface area contributed by atoms with Gasteiger partial charge in [0.05, 0.1) is 13.0 Å². The highest BCUT2D eigenvalue weighted by atomic mass is 16.5. The van der Waals surface area contributed by atoms with Gasteiger partial charge in [0.15, 0.2) is 17.3 Å². The second-order valence-electron chi connectivity index (χ2n) is 10.7. The summed E-state index contributed by atoms with van der Waals surface area (Å²) in [6.07, 6.45) is 0.853. The van der Waals surface area contributed by atoms with Crippen LogP contribution in [0.5, 0.6) is 17.2 Å². The van der Waals surface area contributed by atoms with E-state index in [0.29, 0.717) is 25.2 Å². The number of nitrogens with one attached hydrogen (secondary N) is 1. The molecule has 2 aliphatic heterocycles. The van der Waals surface area contributed by atoms with Crippen molar-refractivity contribution in [2.45, 2.75) is 44.6 Å². The molecule has 0 unspecified atom stereocenters. The molecule has 11 nitrogen and oxygen atoms in total. The number of rotatable bonds is 8. The van der Waals surface area contributed by atoms with Gasteiger partial charge in [-0.3, -0.25) is 19.2 Å². The van der Waals surface area contributed by atoms with Gasteiger partial charge in [0.1, 0.15) is 5.76 Å². The number of phenols is 1. The molecule has 216 valence electrons. The molecule has 0 spiro atoms. The molecular weight excluding hydrogens is 530 g/mol. The molecule has 3 atom stereocenters. The fourth-order valence-corrected chi connectivity index (χ4v) is 5.96. The number of benzene rings is 1. The summed E-state index contributed by atoms with van der Waals surface area (Å²) in [4.78, 5) is 52.5. The fourth-order valence-electron chi connectivity index (χ4n) is 5.96. The van der Waals surface area contributed by atoms with E-state index < -0.39 is 23.0 Å². The van der Waals surface area contributed by atoms with Crippen LogP contribution in [0.2, 0.25) is 0 Å². The van der Waals surface area contributed by atoms with Gasteiger partial charge in [-0.1, -0.05) is 12.1 Å². The number of hydrogen-bond acceptors (Lipinski definition) is 8. The summed E-state index contributed by atoms with van der Waals surface area (Å²) in [5.74, 6) is -1.40. The smallest absolute Gasteiger partial charge is 0.250 e. The van der Waals surface area contributed by atoms with Gasteiger partial charge in [0, 0.05) is 62.8 Å². The average Bonchev–Trinajstić information content (AvgIpc) is 2.94. The molecule has 5 rings (SSSR count). The van der Waals surface area contributed by atoms with Crippen molar-refractivity contribution in [2.24, 2.45) is 5.92 Å². The highest BCUT2D eigenvalue weighted by Crippen LogP contribution is 2.37. The van der Waals surface area contributed by atoms with Crippen LogP contribution in [0.15, 0.2) is 56.5 Å². The van der Waals surface area contributed by atoms with Crippen molar-refractivity contribution in [2.75, 3.05) is 26.7 Å². The van der Waals surface area contributed by atoms with Gasteiger partial charge >= 0.3 is 0 Å². The van der Waals surface area contributed by atoms with E-state index in [1.54, 1.807) is 25.1 Å². The number of carbonyl (C=O) groups is 2. The lowest BCUT2D eigenvalue weighted by molar-refractivity contribution is -0.134. The zero-order chi connectivity index (χ0) is 29.3. The van der Waals surface area contributed by atoms with Gasteiger partial charge < -0.3 is 34.2 Å². The number of aromatic hydroxyl groups is 2. The first-order valence-electron chi connectivity index (χ1n) is 13.6. The standard InChI is InChI=1S/C30H33N3O8/c1-17-10-24(35)29(39)30(41-17)21(19-6-7-23(34)25(12-19)40-2)13-26(36)31-9-8-27(37)32-14-18-11-20(16-32)22-4-3-5-28(38)33(22)15-18/h3-7,10,12,18,20-21,34,39H,8-9,11,13-16H2,1-2H3,(H,31,36)/t18-,20+,21-/m1/s1. The van der Waals surface area contributed by atoms with Crippen molar-refractivity contribution in [1.82, 2.24) is 14.8 Å². The first-order valence-corrected chi connectivity index (χ1v) is 13.6. The lowest BCUT2D eigenvalue weighted by Gasteiger charge is -2.42. The van der Waals surface area contributed by atoms with E-state index in [1.807, 2.05) is 15.5 Å². The van der Waals surface area contributed by atoms with E-state index >= 15 is 0 Å². The Morgan fingerprint density at radius 2 is 1.93 bits per heavy atom. The highest BCUT2D eigenvalue weighted by molar-refractivity contribution is 5.80. The number of aryl methyl sites for hydroxylation is 1. The quantitative estimate of drug-likeness (QED) is 0.377. The number of phenolic OH excluding ortho intramolecular Hbond substituents is 1. The molecule has 0 aliphatic carbocycles. The summed E-state index contributed by atoms with van der Waals surface area (Å²) >= 11 is 0. The minimum atomic E-state index is -0.863. The van der Waals surface area contributed by atoms with E-state index in [0.717, 1.165) is 18.2 Å². The molecule has 1 saturated heterocycles. The Hall–Kier alpha value is -4.54. The number of nitrogens with zero attached hydrogens (tertiary/aromatic N) is 2. The number of pyridine rings is 1. The van der Waals surface area contributed by atoms with Gasteiger partial charge in [0.2, 0.25) is 23.0 Å². The Bertz CT molecular complexity index is 1590. The van der Waals surface area contributed by atoms with Crippen molar-refractivity contribution in [3.63, 3.8) is 0 Å². The molecule has 0 saturated carbocycles. The van der Waals surface area contributed by atoms with Crippen LogP contribution in [0.25, 0.3) is 0 Å². The van der Waals surface area contributed by atoms with Crippen LogP contribution in [0.4, 0.5) is 0 Å². The maximum absolute atomic E-state index is 13.1. The molecule has 2 bridgehead atoms. The first kappa shape index (κ1) is 28.0. The molecule has 1 fully saturated rings. The Balaban J connectivity index is 1.25. The van der Waals surface area contributed by atoms with Crippen LogP contribution in [-0.4, -0.2) is 58.2 Å². The third kappa shape index (κ3) is 5.84. The molecule has 2 aliphatic rings. The van der Waals surface area contributed by atoms with Gasteiger partial charge in [-0.2, -0.15) is 0 Å². The van der Waals surface area contributed by atoms with Crippen molar-refractivity contribution < 1.29 is 29.0 Å². The van der Waals surface area contributed by atoms with E-state index in [4.69, 9.17) is 9.15 Å². The second-order valence-corrected chi connectivity index (χ2v) is 10.7. The van der Waals surface area contributed by atoms with Crippen LogP contribution in [-0.2, 0) is 16.1 Å². The normalized spacial score (nSPS) is 18.3. The molecular formula is C30H33N3O8. The molecule has 41 heavy (non-hydrogen) atoms. The van der Waals surface area contributed by atoms with Gasteiger partial charge in [0.25, 0.3) is 5.56 Å². The number of methoxy groups -OCH3 is 1. The number of fused-ring (bicyclic) bond motifs is 4. The summed E-state index contributed by atoms with van der Waals surface area (Å²) in [6.45, 7) is 3.37. The Morgan fingerprint density at radius 3 is 2.71 bits per heavy atom. The van der Waals surface area contributed by atoms with E-state index in [9.17, 15) is 29.4 Å². The summed E-state index contributed by atoms with van der Waals surface area (Å²) in [5, 5.41) is 23.3. The zero-order valence-corrected chi connectivity index (χ0v) is 23.0. The van der Waals surface area contributed by atoms with Gasteiger partial charge in [-0.05, 0) is 43.0 Å². The number of aromatic nitrogens is 1. The van der Waals surface area contributed by atoms with Crippen LogP contribution in [0, 0.1) is 12.8 Å². The number of likely N-dealkylation sites (tertiary alicyclic amines) is 1. The summed E-state index contributed by atoms with van der Waals surface area (Å²) in [6, 6.07) is 10.9. The third-order valence-electron chi connectivity index (χ3n) is 7.88. The number of ether oxygens (including phenoxy) is 1. The van der Waals surface area contributed by atoms with Crippen molar-refractivity contribution >= 4 is 11.8 Å². The monoisotopic (exact) mass is 563 g/mol. The van der Waals surface area contributed by atoms with Crippen molar-refractivity contribution in [3.8, 4) is 17.2 Å². The Morgan fingerprint density at radius 1 is 1.12 bits per heavy atom. The topological polar surface area (TPSA) is 151 Å². The summed E-state index contributed by atoms with van der Waals surface area (Å²) in [5.41, 5.74) is 0.794. The van der Waals surface area contributed by atoms with E-state index in [-0.39, 0.29) is 65.7 Å². The number of amides is 2. The summed E-state index contributed by atoms with van der Waals surface area (Å²) in [7, 11) is 1.38. The van der Waals surface area contributed by atoms with Crippen molar-refractivity contribution in [1.29, 1.82) is 0 Å². The second kappa shape index (κ2) is 11.5. The van der Waals surface area contributed by atoms with Crippen LogP contribution in [0.1, 0.15) is 53.9 Å². The fraction of sp³-hybridized carbons (Fsp3) is 0.400. The highest BCUT2D eigenvalue weighted by Gasteiger charge is 2.36. The maximum Gasteiger partial charge on any atom is 0.250 e. The largest absolute Gasteiger partial charge is 0.504 e. The van der Waals surface area contributed by atoms with Crippen LogP contribution in [0.3, 0.4) is 0 Å². The predicted octanol–water partition coefficient (Wildman–Crippen LogP) is 2.20. The lowest BCUT2D eigenvalue weighted by Crippen LogP contribution is -2.49. The molecule has 3 N–H and O–H groups in total. The number of piperidine rings is 1. The Kier molecular flexibility index (Phi) is 7.87. The molecule has 3 aromatic rings. The Labute approximate surface area is 236 Å². The zero-order valence-electron chi connectivity index (χ0n) is 23.0. The predicted molar refractivity (Wildman–Crippen MR) is 148 cm³/mol. The average molecular weight is 564 g/mol. The first-order chi connectivity index (χ1) is 19.6. The third-order valence-corrected chi connectivity index (χ3v) is 7.88. The molecule has 0 radical (unpaired) electrons. The van der Waals surface area contributed by atoms with Gasteiger partial charge in [-0.25, -0.2) is 0 Å². The molecule has 1 aromatic carbocycles. The molecule has 2 amide bonds. The molecule has 2 aromatic heterocycles. The molecule has 4 heterocycles. The van der Waals surface area contributed by atoms with Crippen molar-refractivity contribution in [3.05, 3.63) is 85.8 Å². The number of carbonyl (C=O) groups excluding carboxylic acids is 2. The van der Waals surface area contributed by atoms with E-state index in [1.165, 1.54) is 19.2 Å². The van der Waals surface area contributed by atoms with Gasteiger partial charge in [-0.15, -0.1) is 0 Å². The van der Waals surface area contributed by atoms with Crippen LogP contribution < -0.4 is 21.0 Å². The van der Waals surface area contributed by atoms with Crippen LogP contribution >= 0.6 is 0 Å². The maximum atomic E-state index is 13.1. The number of hydrogen-bond donors (Lipinski definition) is 3. The minimum Gasteiger partial charge on any atom is -0.504 e. The lowest BCUT2D eigenvalue weighted by atomic mass is 9.83.